The molecule has 2 amide bonds. The number of ether oxygens (including phenoxy) is 1. The van der Waals surface area contributed by atoms with Crippen LogP contribution in [0.3, 0.4) is 0 Å². The van der Waals surface area contributed by atoms with E-state index in [1.54, 1.807) is 24.3 Å². The summed E-state index contributed by atoms with van der Waals surface area (Å²) in [4.78, 5) is 29.5. The highest BCUT2D eigenvalue weighted by molar-refractivity contribution is 7.88. The number of carbonyl (C=O) groups is 2. The number of fused-ring (bicyclic) bond motifs is 1. The van der Waals surface area contributed by atoms with Gasteiger partial charge in [0.25, 0.3) is 5.91 Å². The fourth-order valence-corrected chi connectivity index (χ4v) is 5.09. The van der Waals surface area contributed by atoms with Gasteiger partial charge in [-0.05, 0) is 61.6 Å². The number of amides is 2. The number of rotatable bonds is 8. The van der Waals surface area contributed by atoms with E-state index in [9.17, 15) is 18.0 Å². The van der Waals surface area contributed by atoms with Crippen molar-refractivity contribution in [3.05, 3.63) is 59.7 Å². The SMILES string of the molecule is CS(=O)(=O)NCCCOc1ccc(C(=O)N2CCC(N3C(=O)CCc4ccccc43)CC2)cc1. The zero-order chi connectivity index (χ0) is 24.1. The van der Waals surface area contributed by atoms with Crippen LogP contribution in [0.1, 0.15) is 41.6 Å². The molecule has 34 heavy (non-hydrogen) atoms. The molecule has 1 fully saturated rings. The number of hydrogen-bond acceptors (Lipinski definition) is 5. The summed E-state index contributed by atoms with van der Waals surface area (Å²) >= 11 is 0. The van der Waals surface area contributed by atoms with Crippen molar-refractivity contribution in [3.63, 3.8) is 0 Å². The molecular formula is C25H31N3O5S. The van der Waals surface area contributed by atoms with E-state index in [0.717, 1.165) is 31.2 Å². The number of nitrogens with zero attached hydrogens (tertiary/aromatic N) is 2. The van der Waals surface area contributed by atoms with Crippen LogP contribution in [0, 0.1) is 0 Å². The molecule has 0 radical (unpaired) electrons. The number of para-hydroxylation sites is 1. The van der Waals surface area contributed by atoms with Crippen molar-refractivity contribution in [1.82, 2.24) is 9.62 Å². The normalized spacial score (nSPS) is 16.9. The molecule has 0 atom stereocenters. The average Bonchev–Trinajstić information content (AvgIpc) is 2.83. The Hall–Kier alpha value is -2.91. The van der Waals surface area contributed by atoms with E-state index in [-0.39, 0.29) is 17.9 Å². The summed E-state index contributed by atoms with van der Waals surface area (Å²) in [5.41, 5.74) is 2.84. The van der Waals surface area contributed by atoms with Gasteiger partial charge < -0.3 is 14.5 Å². The molecule has 8 nitrogen and oxygen atoms in total. The number of aryl methyl sites for hydroxylation is 1. The molecule has 2 aromatic carbocycles. The van der Waals surface area contributed by atoms with E-state index in [1.165, 1.54) is 5.56 Å². The maximum Gasteiger partial charge on any atom is 0.253 e. The van der Waals surface area contributed by atoms with Gasteiger partial charge >= 0.3 is 0 Å². The third-order valence-corrected chi connectivity index (χ3v) is 7.03. The van der Waals surface area contributed by atoms with Gasteiger partial charge in [0.2, 0.25) is 15.9 Å². The van der Waals surface area contributed by atoms with Crippen LogP contribution in [-0.4, -0.2) is 63.7 Å². The lowest BCUT2D eigenvalue weighted by Crippen LogP contribution is -2.50. The van der Waals surface area contributed by atoms with Crippen molar-refractivity contribution in [1.29, 1.82) is 0 Å². The topological polar surface area (TPSA) is 96.0 Å². The summed E-state index contributed by atoms with van der Waals surface area (Å²) < 4.78 is 30.2. The van der Waals surface area contributed by atoms with Crippen LogP contribution in [0.2, 0.25) is 0 Å². The quantitative estimate of drug-likeness (QED) is 0.580. The Morgan fingerprint density at radius 1 is 1.06 bits per heavy atom. The second-order valence-electron chi connectivity index (χ2n) is 8.81. The largest absolute Gasteiger partial charge is 0.494 e. The van der Waals surface area contributed by atoms with Crippen LogP contribution in [0.15, 0.2) is 48.5 Å². The Bertz CT molecular complexity index is 1130. The highest BCUT2D eigenvalue weighted by Gasteiger charge is 2.33. The minimum absolute atomic E-state index is 0.0206. The summed E-state index contributed by atoms with van der Waals surface area (Å²) in [5.74, 6) is 0.788. The molecule has 0 spiro atoms. The predicted octanol–water partition coefficient (Wildman–Crippen LogP) is 2.59. The summed E-state index contributed by atoms with van der Waals surface area (Å²) in [5, 5.41) is 0. The highest BCUT2D eigenvalue weighted by atomic mass is 32.2. The Labute approximate surface area is 200 Å². The number of hydrogen-bond donors (Lipinski definition) is 1. The summed E-state index contributed by atoms with van der Waals surface area (Å²) in [7, 11) is -3.19. The number of benzene rings is 2. The first-order chi connectivity index (χ1) is 16.3. The van der Waals surface area contributed by atoms with Crippen LogP contribution in [-0.2, 0) is 21.2 Å². The molecule has 1 saturated heterocycles. The van der Waals surface area contributed by atoms with Crippen molar-refractivity contribution in [2.75, 3.05) is 37.4 Å². The molecule has 2 aliphatic rings. The molecule has 2 aliphatic heterocycles. The van der Waals surface area contributed by atoms with Crippen LogP contribution in [0.4, 0.5) is 5.69 Å². The fourth-order valence-electron chi connectivity index (χ4n) is 4.58. The van der Waals surface area contributed by atoms with E-state index >= 15 is 0 Å². The van der Waals surface area contributed by atoms with E-state index in [1.807, 2.05) is 28.0 Å². The number of sulfonamides is 1. The van der Waals surface area contributed by atoms with Gasteiger partial charge in [-0.1, -0.05) is 18.2 Å². The first kappa shape index (κ1) is 24.2. The minimum atomic E-state index is -3.19. The molecular weight excluding hydrogens is 454 g/mol. The summed E-state index contributed by atoms with van der Waals surface area (Å²) in [6.07, 6.45) is 4.52. The van der Waals surface area contributed by atoms with Crippen molar-refractivity contribution in [2.24, 2.45) is 0 Å². The Morgan fingerprint density at radius 2 is 1.76 bits per heavy atom. The molecule has 9 heteroatoms. The molecule has 2 aromatic rings. The maximum atomic E-state index is 13.0. The van der Waals surface area contributed by atoms with Crippen molar-refractivity contribution in [2.45, 2.75) is 38.1 Å². The lowest BCUT2D eigenvalue weighted by atomic mass is 9.95. The minimum Gasteiger partial charge on any atom is -0.494 e. The van der Waals surface area contributed by atoms with Gasteiger partial charge in [0.15, 0.2) is 0 Å². The van der Waals surface area contributed by atoms with Gasteiger partial charge in [-0.2, -0.15) is 0 Å². The molecule has 182 valence electrons. The summed E-state index contributed by atoms with van der Waals surface area (Å²) in [6.45, 7) is 1.92. The maximum absolute atomic E-state index is 13.0. The Kier molecular flexibility index (Phi) is 7.53. The number of nitrogens with one attached hydrogen (secondary N) is 1. The van der Waals surface area contributed by atoms with Gasteiger partial charge in [-0.3, -0.25) is 9.59 Å². The van der Waals surface area contributed by atoms with Crippen molar-refractivity contribution >= 4 is 27.5 Å². The summed E-state index contributed by atoms with van der Waals surface area (Å²) in [6, 6.07) is 15.2. The lowest BCUT2D eigenvalue weighted by Gasteiger charge is -2.41. The second kappa shape index (κ2) is 10.6. The first-order valence-corrected chi connectivity index (χ1v) is 13.6. The van der Waals surface area contributed by atoms with E-state index < -0.39 is 10.0 Å². The smallest absolute Gasteiger partial charge is 0.253 e. The fraction of sp³-hybridized carbons (Fsp3) is 0.440. The van der Waals surface area contributed by atoms with Gasteiger partial charge in [0, 0.05) is 43.3 Å². The highest BCUT2D eigenvalue weighted by Crippen LogP contribution is 2.32. The van der Waals surface area contributed by atoms with Crippen LogP contribution < -0.4 is 14.4 Å². The van der Waals surface area contributed by atoms with Gasteiger partial charge in [-0.25, -0.2) is 13.1 Å². The third kappa shape index (κ3) is 5.95. The molecule has 2 heterocycles. The predicted molar refractivity (Wildman–Crippen MR) is 131 cm³/mol. The number of anilines is 1. The molecule has 0 unspecified atom stereocenters. The lowest BCUT2D eigenvalue weighted by molar-refractivity contribution is -0.119. The van der Waals surface area contributed by atoms with Gasteiger partial charge in [0.05, 0.1) is 12.9 Å². The van der Waals surface area contributed by atoms with Crippen molar-refractivity contribution in [3.8, 4) is 5.75 Å². The average molecular weight is 486 g/mol. The van der Waals surface area contributed by atoms with Crippen molar-refractivity contribution < 1.29 is 22.7 Å². The van der Waals surface area contributed by atoms with E-state index in [0.29, 0.717) is 50.4 Å². The molecule has 0 saturated carbocycles. The molecule has 1 N–H and O–H groups in total. The van der Waals surface area contributed by atoms with E-state index in [4.69, 9.17) is 4.74 Å². The molecule has 0 bridgehead atoms. The Morgan fingerprint density at radius 3 is 2.47 bits per heavy atom. The molecule has 0 aliphatic carbocycles. The molecule has 4 rings (SSSR count). The third-order valence-electron chi connectivity index (χ3n) is 6.30. The standard InChI is InChI=1S/C25H31N3O5S/c1-34(31,32)26-15-4-18-33-22-10-7-20(8-11-22)25(30)27-16-13-21(14-17-27)28-23-6-3-2-5-19(23)9-12-24(28)29/h2-3,5-8,10-11,21,26H,4,9,12-18H2,1H3. The Balaban J connectivity index is 1.28. The zero-order valence-corrected chi connectivity index (χ0v) is 20.2. The first-order valence-electron chi connectivity index (χ1n) is 11.7. The molecule has 0 aromatic heterocycles. The monoisotopic (exact) mass is 485 g/mol. The number of piperidine rings is 1. The van der Waals surface area contributed by atoms with Crippen LogP contribution in [0.5, 0.6) is 5.75 Å². The number of carbonyl (C=O) groups excluding carboxylic acids is 2. The van der Waals surface area contributed by atoms with Crippen LogP contribution >= 0.6 is 0 Å². The zero-order valence-electron chi connectivity index (χ0n) is 19.4. The van der Waals surface area contributed by atoms with E-state index in [2.05, 4.69) is 10.8 Å². The van der Waals surface area contributed by atoms with Gasteiger partial charge in [-0.15, -0.1) is 0 Å². The van der Waals surface area contributed by atoms with Gasteiger partial charge in [0.1, 0.15) is 5.75 Å². The number of likely N-dealkylation sites (tertiary alicyclic amines) is 1. The van der Waals surface area contributed by atoms with Crippen LogP contribution in [0.25, 0.3) is 0 Å². The second-order valence-corrected chi connectivity index (χ2v) is 10.6.